The fourth-order valence-electron chi connectivity index (χ4n) is 0.977. The highest BCUT2D eigenvalue weighted by Crippen LogP contribution is 2.02. The monoisotopic (exact) mass is 150 g/mol. The van der Waals surface area contributed by atoms with Crippen molar-refractivity contribution in [3.8, 4) is 0 Å². The van der Waals surface area contributed by atoms with E-state index < -0.39 is 0 Å². The molecule has 1 aromatic heterocycles. The molecule has 3 nitrogen and oxygen atoms in total. The van der Waals surface area contributed by atoms with Crippen molar-refractivity contribution in [2.45, 2.75) is 6.92 Å². The molecule has 1 rings (SSSR count). The first-order valence-electron chi connectivity index (χ1n) is 3.27. The van der Waals surface area contributed by atoms with Crippen molar-refractivity contribution in [1.29, 1.82) is 0 Å². The first-order chi connectivity index (χ1) is 5.15. The number of nitrogens with one attached hydrogen (secondary N) is 1. The smallest absolute Gasteiger partial charge is 0.191 e. The Balaban J connectivity index is 3.49. The standard InChI is InChI=1S/C8H10N2O/c1-3-6-5(2)10-8(9)4-7(6)11/h3-4H,1H2,2H3,(H3,9,10,11). The predicted molar refractivity (Wildman–Crippen MR) is 46.3 cm³/mol. The topological polar surface area (TPSA) is 58.9 Å². The van der Waals surface area contributed by atoms with Crippen LogP contribution >= 0.6 is 0 Å². The van der Waals surface area contributed by atoms with Gasteiger partial charge in [-0.3, -0.25) is 4.79 Å². The number of H-pyrrole nitrogens is 1. The first kappa shape index (κ1) is 7.60. The fourth-order valence-corrected chi connectivity index (χ4v) is 0.977. The van der Waals surface area contributed by atoms with Crippen LogP contribution in [0.1, 0.15) is 11.3 Å². The van der Waals surface area contributed by atoms with Gasteiger partial charge in [0.2, 0.25) is 0 Å². The van der Waals surface area contributed by atoms with Crippen LogP contribution in [-0.4, -0.2) is 4.98 Å². The van der Waals surface area contributed by atoms with Gasteiger partial charge in [-0.2, -0.15) is 0 Å². The van der Waals surface area contributed by atoms with Crippen molar-refractivity contribution in [2.24, 2.45) is 0 Å². The van der Waals surface area contributed by atoms with Gasteiger partial charge in [0, 0.05) is 17.3 Å². The number of anilines is 1. The zero-order chi connectivity index (χ0) is 8.43. The zero-order valence-corrected chi connectivity index (χ0v) is 6.35. The summed E-state index contributed by atoms with van der Waals surface area (Å²) in [6, 6.07) is 1.35. The quantitative estimate of drug-likeness (QED) is 0.625. The SMILES string of the molecule is C=Cc1c(C)[nH]c(N)cc1=O. The van der Waals surface area contributed by atoms with E-state index in [0.29, 0.717) is 11.4 Å². The van der Waals surface area contributed by atoms with Crippen molar-refractivity contribution in [2.75, 3.05) is 5.73 Å². The Bertz CT molecular complexity index is 338. The molecule has 58 valence electrons. The number of aromatic nitrogens is 1. The molecule has 0 bridgehead atoms. The van der Waals surface area contributed by atoms with Crippen LogP contribution in [0, 0.1) is 6.92 Å². The second kappa shape index (κ2) is 2.62. The maximum Gasteiger partial charge on any atom is 0.191 e. The number of rotatable bonds is 1. The average molecular weight is 150 g/mol. The van der Waals surface area contributed by atoms with Crippen LogP contribution in [0.25, 0.3) is 6.08 Å². The molecule has 0 atom stereocenters. The minimum absolute atomic E-state index is 0.0891. The van der Waals surface area contributed by atoms with Crippen LogP contribution < -0.4 is 11.2 Å². The summed E-state index contributed by atoms with van der Waals surface area (Å²) in [4.78, 5) is 14.0. The molecular formula is C8H10N2O. The third-order valence-electron chi connectivity index (χ3n) is 1.49. The Labute approximate surface area is 64.6 Å². The largest absolute Gasteiger partial charge is 0.385 e. The summed E-state index contributed by atoms with van der Waals surface area (Å²) in [6.07, 6.45) is 1.52. The molecule has 3 N–H and O–H groups in total. The lowest BCUT2D eigenvalue weighted by atomic mass is 10.2. The summed E-state index contributed by atoms with van der Waals surface area (Å²) in [6.45, 7) is 5.31. The second-order valence-electron chi connectivity index (χ2n) is 2.33. The molecule has 0 aliphatic rings. The van der Waals surface area contributed by atoms with Gasteiger partial charge in [0.1, 0.15) is 5.82 Å². The second-order valence-corrected chi connectivity index (χ2v) is 2.33. The highest BCUT2D eigenvalue weighted by molar-refractivity contribution is 5.51. The Morgan fingerprint density at radius 3 is 2.82 bits per heavy atom. The van der Waals surface area contributed by atoms with Crippen LogP contribution in [0.5, 0.6) is 0 Å². The summed E-state index contributed by atoms with van der Waals surface area (Å²) in [5.41, 5.74) is 6.64. The van der Waals surface area contributed by atoms with Gasteiger partial charge in [-0.15, -0.1) is 0 Å². The number of pyridine rings is 1. The molecule has 0 saturated heterocycles. The van der Waals surface area contributed by atoms with Crippen LogP contribution in [0.3, 0.4) is 0 Å². The number of aryl methyl sites for hydroxylation is 1. The summed E-state index contributed by atoms with van der Waals surface area (Å²) < 4.78 is 0. The van der Waals surface area contributed by atoms with E-state index in [1.54, 1.807) is 6.92 Å². The Morgan fingerprint density at radius 1 is 1.73 bits per heavy atom. The molecule has 0 unspecified atom stereocenters. The van der Waals surface area contributed by atoms with Gasteiger partial charge in [0.25, 0.3) is 0 Å². The summed E-state index contributed by atoms with van der Waals surface area (Å²) in [5, 5.41) is 0. The summed E-state index contributed by atoms with van der Waals surface area (Å²) in [5.74, 6) is 0.387. The molecule has 0 aromatic carbocycles. The van der Waals surface area contributed by atoms with Crippen molar-refractivity contribution in [1.82, 2.24) is 4.98 Å². The molecule has 0 radical (unpaired) electrons. The van der Waals surface area contributed by atoms with E-state index in [1.807, 2.05) is 0 Å². The highest BCUT2D eigenvalue weighted by Gasteiger charge is 1.99. The van der Waals surface area contributed by atoms with E-state index in [4.69, 9.17) is 5.73 Å². The molecule has 0 aliphatic carbocycles. The number of hydrogen-bond donors (Lipinski definition) is 2. The molecular weight excluding hydrogens is 140 g/mol. The first-order valence-corrected chi connectivity index (χ1v) is 3.27. The molecule has 0 amide bonds. The van der Waals surface area contributed by atoms with Crippen LogP contribution in [0.2, 0.25) is 0 Å². The maximum absolute atomic E-state index is 11.1. The maximum atomic E-state index is 11.1. The minimum atomic E-state index is -0.0891. The Kier molecular flexibility index (Phi) is 1.81. The fraction of sp³-hybridized carbons (Fsp3) is 0.125. The highest BCUT2D eigenvalue weighted by atomic mass is 16.1. The molecule has 1 heterocycles. The molecule has 0 saturated carbocycles. The van der Waals surface area contributed by atoms with Gasteiger partial charge in [-0.1, -0.05) is 12.7 Å². The lowest BCUT2D eigenvalue weighted by Gasteiger charge is -2.00. The van der Waals surface area contributed by atoms with Crippen molar-refractivity contribution in [3.63, 3.8) is 0 Å². The van der Waals surface area contributed by atoms with Crippen molar-refractivity contribution in [3.05, 3.63) is 34.1 Å². The zero-order valence-electron chi connectivity index (χ0n) is 6.35. The van der Waals surface area contributed by atoms with E-state index in [-0.39, 0.29) is 5.43 Å². The van der Waals surface area contributed by atoms with Gasteiger partial charge in [-0.25, -0.2) is 0 Å². The van der Waals surface area contributed by atoms with Crippen LogP contribution in [0.4, 0.5) is 5.82 Å². The van der Waals surface area contributed by atoms with Crippen LogP contribution in [0.15, 0.2) is 17.4 Å². The van der Waals surface area contributed by atoms with E-state index >= 15 is 0 Å². The molecule has 11 heavy (non-hydrogen) atoms. The van der Waals surface area contributed by atoms with Crippen molar-refractivity contribution < 1.29 is 0 Å². The average Bonchev–Trinajstić information content (AvgIpc) is 1.85. The normalized spacial score (nSPS) is 9.55. The minimum Gasteiger partial charge on any atom is -0.385 e. The van der Waals surface area contributed by atoms with Crippen molar-refractivity contribution >= 4 is 11.9 Å². The van der Waals surface area contributed by atoms with E-state index in [9.17, 15) is 4.79 Å². The third-order valence-corrected chi connectivity index (χ3v) is 1.49. The molecule has 3 heteroatoms. The predicted octanol–water partition coefficient (Wildman–Crippen LogP) is 0.909. The van der Waals surface area contributed by atoms with E-state index in [0.717, 1.165) is 5.69 Å². The number of aromatic amines is 1. The van der Waals surface area contributed by atoms with Gasteiger partial charge in [-0.05, 0) is 6.92 Å². The van der Waals surface area contributed by atoms with Gasteiger partial charge in [0.15, 0.2) is 5.43 Å². The molecule has 1 aromatic rings. The number of nitrogens with two attached hydrogens (primary N) is 1. The lowest BCUT2D eigenvalue weighted by Crippen LogP contribution is -2.09. The summed E-state index contributed by atoms with van der Waals surface area (Å²) >= 11 is 0. The molecule has 0 fully saturated rings. The Morgan fingerprint density at radius 2 is 2.36 bits per heavy atom. The van der Waals surface area contributed by atoms with E-state index in [2.05, 4.69) is 11.6 Å². The van der Waals surface area contributed by atoms with E-state index in [1.165, 1.54) is 12.1 Å². The lowest BCUT2D eigenvalue weighted by molar-refractivity contribution is 1.18. The molecule has 0 spiro atoms. The third kappa shape index (κ3) is 1.32. The number of nitrogen functional groups attached to an aromatic ring is 1. The number of hydrogen-bond acceptors (Lipinski definition) is 2. The van der Waals surface area contributed by atoms with Crippen LogP contribution in [-0.2, 0) is 0 Å². The molecule has 0 aliphatic heterocycles. The van der Waals surface area contributed by atoms with Gasteiger partial charge in [0.05, 0.1) is 0 Å². The van der Waals surface area contributed by atoms with Gasteiger partial charge >= 0.3 is 0 Å². The Hall–Kier alpha value is -1.51. The summed E-state index contributed by atoms with van der Waals surface area (Å²) in [7, 11) is 0. The van der Waals surface area contributed by atoms with Gasteiger partial charge < -0.3 is 10.7 Å².